The van der Waals surface area contributed by atoms with E-state index in [0.717, 1.165) is 5.56 Å². The van der Waals surface area contributed by atoms with E-state index >= 15 is 0 Å². The number of carbonyl (C=O) groups is 2. The van der Waals surface area contributed by atoms with Gasteiger partial charge >= 0.3 is 5.97 Å². The molecule has 0 saturated carbocycles. The molecule has 6 heteroatoms. The van der Waals surface area contributed by atoms with Crippen molar-refractivity contribution >= 4 is 41.0 Å². The van der Waals surface area contributed by atoms with Gasteiger partial charge in [-0.15, -0.1) is 0 Å². The number of rotatable bonds is 5. The van der Waals surface area contributed by atoms with Gasteiger partial charge in [-0.3, -0.25) is 10.1 Å². The molecule has 0 spiro atoms. The van der Waals surface area contributed by atoms with Crippen LogP contribution in [0.1, 0.15) is 41.3 Å². The lowest BCUT2D eigenvalue weighted by molar-refractivity contribution is -0.115. The first-order valence-electron chi connectivity index (χ1n) is 8.09. The van der Waals surface area contributed by atoms with Gasteiger partial charge in [-0.2, -0.15) is 0 Å². The Bertz CT molecular complexity index is 842. The predicted octanol–water partition coefficient (Wildman–Crippen LogP) is 4.03. The number of hydrogen-bond donors (Lipinski definition) is 3. The number of aromatic carboxylic acids is 1. The van der Waals surface area contributed by atoms with Gasteiger partial charge in [0, 0.05) is 6.08 Å². The zero-order chi connectivity index (χ0) is 19.1. The van der Waals surface area contributed by atoms with Gasteiger partial charge in [0.1, 0.15) is 0 Å². The monoisotopic (exact) mass is 368 g/mol. The number of carbonyl (C=O) groups excluding carboxylic acids is 1. The summed E-state index contributed by atoms with van der Waals surface area (Å²) < 4.78 is 0. The van der Waals surface area contributed by atoms with Gasteiger partial charge in [-0.1, -0.05) is 50.2 Å². The second-order valence-corrected chi connectivity index (χ2v) is 6.36. The maximum atomic E-state index is 12.0. The van der Waals surface area contributed by atoms with Gasteiger partial charge in [-0.05, 0) is 47.5 Å². The quantitative estimate of drug-likeness (QED) is 0.548. The number of hydrogen-bond acceptors (Lipinski definition) is 3. The van der Waals surface area contributed by atoms with Crippen LogP contribution >= 0.6 is 12.2 Å². The van der Waals surface area contributed by atoms with E-state index in [2.05, 4.69) is 24.5 Å². The minimum Gasteiger partial charge on any atom is -0.478 e. The SMILES string of the molecule is CC(C)c1ccc(C=CC(=O)NC(=S)Nc2ccccc2C(=O)O)cc1. The van der Waals surface area contributed by atoms with E-state index in [1.54, 1.807) is 24.3 Å². The number of thiocarbonyl (C=S) groups is 1. The first-order chi connectivity index (χ1) is 12.4. The average molecular weight is 368 g/mol. The van der Waals surface area contributed by atoms with Gasteiger partial charge in [0.25, 0.3) is 0 Å². The smallest absolute Gasteiger partial charge is 0.337 e. The van der Waals surface area contributed by atoms with Crippen molar-refractivity contribution in [1.82, 2.24) is 5.32 Å². The Labute approximate surface area is 157 Å². The maximum Gasteiger partial charge on any atom is 0.337 e. The van der Waals surface area contributed by atoms with E-state index in [1.165, 1.54) is 17.7 Å². The summed E-state index contributed by atoms with van der Waals surface area (Å²) in [6, 6.07) is 14.3. The molecule has 2 aromatic rings. The molecule has 26 heavy (non-hydrogen) atoms. The van der Waals surface area contributed by atoms with Crippen molar-refractivity contribution in [1.29, 1.82) is 0 Å². The highest BCUT2D eigenvalue weighted by Gasteiger charge is 2.10. The van der Waals surface area contributed by atoms with Crippen LogP contribution in [0.25, 0.3) is 6.08 Å². The average Bonchev–Trinajstić information content (AvgIpc) is 2.60. The molecule has 3 N–H and O–H groups in total. The Hall–Kier alpha value is -2.99. The van der Waals surface area contributed by atoms with Crippen LogP contribution in [-0.2, 0) is 4.79 Å². The molecule has 0 bridgehead atoms. The highest BCUT2D eigenvalue weighted by molar-refractivity contribution is 7.80. The van der Waals surface area contributed by atoms with E-state index in [9.17, 15) is 9.59 Å². The molecule has 1 amide bonds. The molecule has 0 atom stereocenters. The summed E-state index contributed by atoms with van der Waals surface area (Å²) in [4.78, 5) is 23.1. The Morgan fingerprint density at radius 3 is 2.35 bits per heavy atom. The van der Waals surface area contributed by atoms with Crippen LogP contribution in [0.4, 0.5) is 5.69 Å². The second-order valence-electron chi connectivity index (χ2n) is 5.95. The summed E-state index contributed by atoms with van der Waals surface area (Å²) in [6.45, 7) is 4.24. The predicted molar refractivity (Wildman–Crippen MR) is 107 cm³/mol. The van der Waals surface area contributed by atoms with Crippen molar-refractivity contribution in [2.24, 2.45) is 0 Å². The number of nitrogens with one attached hydrogen (secondary N) is 2. The van der Waals surface area contributed by atoms with Crippen molar-refractivity contribution in [2.75, 3.05) is 5.32 Å². The summed E-state index contributed by atoms with van der Waals surface area (Å²) in [5.41, 5.74) is 2.53. The molecule has 134 valence electrons. The van der Waals surface area contributed by atoms with Crippen molar-refractivity contribution in [2.45, 2.75) is 19.8 Å². The molecule has 0 fully saturated rings. The number of benzene rings is 2. The third-order valence-corrected chi connectivity index (χ3v) is 3.88. The fraction of sp³-hybridized carbons (Fsp3) is 0.150. The van der Waals surface area contributed by atoms with E-state index in [4.69, 9.17) is 17.3 Å². The normalized spacial score (nSPS) is 10.7. The molecular formula is C20H20N2O3S. The van der Waals surface area contributed by atoms with Crippen molar-refractivity contribution in [3.05, 3.63) is 71.3 Å². The number of anilines is 1. The third kappa shape index (κ3) is 5.53. The fourth-order valence-corrected chi connectivity index (χ4v) is 2.46. The topological polar surface area (TPSA) is 78.4 Å². The number of amides is 1. The van der Waals surface area contributed by atoms with Gasteiger partial charge in [0.2, 0.25) is 5.91 Å². The lowest BCUT2D eigenvalue weighted by atomic mass is 10.0. The summed E-state index contributed by atoms with van der Waals surface area (Å²) in [6.07, 6.45) is 3.06. The highest BCUT2D eigenvalue weighted by atomic mass is 32.1. The molecule has 0 aliphatic carbocycles. The summed E-state index contributed by atoms with van der Waals surface area (Å²) in [5.74, 6) is -1.02. The molecule has 2 rings (SSSR count). The molecular weight excluding hydrogens is 348 g/mol. The third-order valence-electron chi connectivity index (χ3n) is 3.67. The standard InChI is InChI=1S/C20H20N2O3S/c1-13(2)15-10-7-14(8-11-15)9-12-18(23)22-20(26)21-17-6-4-3-5-16(17)19(24)25/h3-13H,1-2H3,(H,24,25)(H2,21,22,23,26). The van der Waals surface area contributed by atoms with Crippen LogP contribution in [-0.4, -0.2) is 22.1 Å². The highest BCUT2D eigenvalue weighted by Crippen LogP contribution is 2.16. The van der Waals surface area contributed by atoms with Crippen LogP contribution in [0.3, 0.4) is 0 Å². The molecule has 5 nitrogen and oxygen atoms in total. The van der Waals surface area contributed by atoms with Gasteiger partial charge in [0.05, 0.1) is 11.3 Å². The fourth-order valence-electron chi connectivity index (χ4n) is 2.25. The Kier molecular flexibility index (Phi) is 6.63. The molecule has 0 saturated heterocycles. The lowest BCUT2D eigenvalue weighted by Gasteiger charge is -2.10. The molecule has 0 radical (unpaired) electrons. The summed E-state index contributed by atoms with van der Waals surface area (Å²) in [7, 11) is 0. The molecule has 0 heterocycles. The number of carboxylic acids is 1. The molecule has 0 unspecified atom stereocenters. The Balaban J connectivity index is 1.95. The van der Waals surface area contributed by atoms with Crippen LogP contribution in [0, 0.1) is 0 Å². The van der Waals surface area contributed by atoms with Crippen molar-refractivity contribution in [3.63, 3.8) is 0 Å². The second kappa shape index (κ2) is 8.92. The summed E-state index contributed by atoms with van der Waals surface area (Å²) in [5, 5.41) is 14.4. The van der Waals surface area contributed by atoms with E-state index < -0.39 is 11.9 Å². The first-order valence-corrected chi connectivity index (χ1v) is 8.50. The number of carboxylic acid groups (broad SMARTS) is 1. The van der Waals surface area contributed by atoms with Crippen LogP contribution in [0.15, 0.2) is 54.6 Å². The summed E-state index contributed by atoms with van der Waals surface area (Å²) >= 11 is 5.07. The van der Waals surface area contributed by atoms with E-state index in [-0.39, 0.29) is 10.7 Å². The van der Waals surface area contributed by atoms with E-state index in [0.29, 0.717) is 11.6 Å². The molecule has 0 aliphatic heterocycles. The number of para-hydroxylation sites is 1. The van der Waals surface area contributed by atoms with Gasteiger partial charge in [-0.25, -0.2) is 4.79 Å². The van der Waals surface area contributed by atoms with Gasteiger partial charge < -0.3 is 10.4 Å². The Morgan fingerprint density at radius 1 is 1.08 bits per heavy atom. The van der Waals surface area contributed by atoms with Crippen LogP contribution in [0.5, 0.6) is 0 Å². The van der Waals surface area contributed by atoms with E-state index in [1.807, 2.05) is 24.3 Å². The van der Waals surface area contributed by atoms with Crippen LogP contribution in [0.2, 0.25) is 0 Å². The zero-order valence-electron chi connectivity index (χ0n) is 14.5. The minimum atomic E-state index is -1.08. The molecule has 2 aromatic carbocycles. The molecule has 0 aromatic heterocycles. The van der Waals surface area contributed by atoms with Gasteiger partial charge in [0.15, 0.2) is 5.11 Å². The Morgan fingerprint density at radius 2 is 1.73 bits per heavy atom. The van der Waals surface area contributed by atoms with Crippen molar-refractivity contribution < 1.29 is 14.7 Å². The van der Waals surface area contributed by atoms with Crippen LogP contribution < -0.4 is 10.6 Å². The first kappa shape index (κ1) is 19.3. The molecule has 0 aliphatic rings. The largest absolute Gasteiger partial charge is 0.478 e. The zero-order valence-corrected chi connectivity index (χ0v) is 15.3. The lowest BCUT2D eigenvalue weighted by Crippen LogP contribution is -2.33. The van der Waals surface area contributed by atoms with Crippen molar-refractivity contribution in [3.8, 4) is 0 Å². The maximum absolute atomic E-state index is 12.0. The minimum absolute atomic E-state index is 0.0310.